The molecule has 5 nitrogen and oxygen atoms in total. The van der Waals surface area contributed by atoms with Crippen LogP contribution in [0.5, 0.6) is 0 Å². The van der Waals surface area contributed by atoms with Crippen molar-refractivity contribution in [3.8, 4) is 11.5 Å². The molecule has 0 atom stereocenters. The molecule has 134 valence electrons. The van der Waals surface area contributed by atoms with Crippen molar-refractivity contribution in [2.45, 2.75) is 19.9 Å². The van der Waals surface area contributed by atoms with Crippen LogP contribution in [-0.4, -0.2) is 27.5 Å². The zero-order valence-corrected chi connectivity index (χ0v) is 15.7. The van der Waals surface area contributed by atoms with Crippen LogP contribution in [0, 0.1) is 0 Å². The predicted octanol–water partition coefficient (Wildman–Crippen LogP) is 5.10. The third-order valence-electron chi connectivity index (χ3n) is 3.77. The molecule has 0 N–H and O–H groups in total. The number of carbonyl (C=O) groups excluding carboxylic acids is 1. The lowest BCUT2D eigenvalue weighted by Crippen LogP contribution is -2.31. The maximum atomic E-state index is 12.8. The summed E-state index contributed by atoms with van der Waals surface area (Å²) >= 11 is 12.1. The first kappa shape index (κ1) is 18.4. The first-order valence-corrected chi connectivity index (χ1v) is 8.96. The molecule has 0 aliphatic heterocycles. The molecule has 3 aromatic rings. The summed E-state index contributed by atoms with van der Waals surface area (Å²) in [7, 11) is 0. The number of halogens is 2. The van der Waals surface area contributed by atoms with Crippen molar-refractivity contribution in [2.75, 3.05) is 6.54 Å². The van der Waals surface area contributed by atoms with Crippen molar-refractivity contribution in [3.63, 3.8) is 0 Å². The number of hydrogen-bond donors (Lipinski definition) is 0. The van der Waals surface area contributed by atoms with Crippen LogP contribution in [0.4, 0.5) is 0 Å². The van der Waals surface area contributed by atoms with E-state index in [-0.39, 0.29) is 12.5 Å². The van der Waals surface area contributed by atoms with Gasteiger partial charge in [0.15, 0.2) is 0 Å². The molecule has 3 rings (SSSR count). The van der Waals surface area contributed by atoms with E-state index in [4.69, 9.17) is 27.6 Å². The summed E-state index contributed by atoms with van der Waals surface area (Å²) in [4.78, 5) is 14.4. The molecule has 0 spiro atoms. The minimum atomic E-state index is -0.110. The Hall–Kier alpha value is -2.37. The summed E-state index contributed by atoms with van der Waals surface area (Å²) in [5, 5.41) is 9.22. The van der Waals surface area contributed by atoms with E-state index < -0.39 is 0 Å². The zero-order chi connectivity index (χ0) is 18.5. The van der Waals surface area contributed by atoms with E-state index in [0.29, 0.717) is 39.5 Å². The summed E-state index contributed by atoms with van der Waals surface area (Å²) in [5.74, 6) is 0.581. The van der Waals surface area contributed by atoms with Crippen LogP contribution in [0.2, 0.25) is 10.0 Å². The minimum absolute atomic E-state index is 0.110. The van der Waals surface area contributed by atoms with Gasteiger partial charge in [-0.25, -0.2) is 0 Å². The molecule has 0 aliphatic carbocycles. The molecule has 0 bridgehead atoms. The average molecular weight is 390 g/mol. The van der Waals surface area contributed by atoms with Crippen molar-refractivity contribution < 1.29 is 9.21 Å². The summed E-state index contributed by atoms with van der Waals surface area (Å²) < 4.78 is 5.71. The highest BCUT2D eigenvalue weighted by Crippen LogP contribution is 2.26. The average Bonchev–Trinajstić information content (AvgIpc) is 3.10. The zero-order valence-electron chi connectivity index (χ0n) is 14.2. The second kappa shape index (κ2) is 8.34. The van der Waals surface area contributed by atoms with Crippen molar-refractivity contribution in [1.82, 2.24) is 15.1 Å². The fourth-order valence-electron chi connectivity index (χ4n) is 2.52. The van der Waals surface area contributed by atoms with Crippen LogP contribution in [-0.2, 0) is 6.54 Å². The van der Waals surface area contributed by atoms with Gasteiger partial charge in [0.1, 0.15) is 0 Å². The molecule has 0 radical (unpaired) electrons. The standard InChI is InChI=1S/C19H17Cl2N3O2/c1-2-11-24(19(25)13-7-9-14(20)10-8-13)12-17-22-23-18(26-17)15-5-3-4-6-16(15)21/h3-10H,2,11-12H2,1H3. The van der Waals surface area contributed by atoms with E-state index in [1.54, 1.807) is 35.2 Å². The van der Waals surface area contributed by atoms with Crippen LogP contribution in [0.25, 0.3) is 11.5 Å². The second-order valence-electron chi connectivity index (χ2n) is 5.71. The van der Waals surface area contributed by atoms with Crippen molar-refractivity contribution in [3.05, 3.63) is 70.0 Å². The van der Waals surface area contributed by atoms with E-state index in [9.17, 15) is 4.79 Å². The van der Waals surface area contributed by atoms with Gasteiger partial charge >= 0.3 is 0 Å². The highest BCUT2D eigenvalue weighted by atomic mass is 35.5. The first-order valence-electron chi connectivity index (χ1n) is 8.20. The monoisotopic (exact) mass is 389 g/mol. The van der Waals surface area contributed by atoms with Gasteiger partial charge in [-0.15, -0.1) is 10.2 Å². The van der Waals surface area contributed by atoms with Crippen LogP contribution < -0.4 is 0 Å². The molecule has 2 aromatic carbocycles. The highest BCUT2D eigenvalue weighted by Gasteiger charge is 2.19. The van der Waals surface area contributed by atoms with E-state index in [1.807, 2.05) is 25.1 Å². The van der Waals surface area contributed by atoms with Crippen molar-refractivity contribution >= 4 is 29.1 Å². The van der Waals surface area contributed by atoms with Gasteiger partial charge in [-0.05, 0) is 42.8 Å². The van der Waals surface area contributed by atoms with Crippen LogP contribution in [0.15, 0.2) is 52.9 Å². The number of hydrogen-bond acceptors (Lipinski definition) is 4. The van der Waals surface area contributed by atoms with Gasteiger partial charge in [0.2, 0.25) is 11.8 Å². The quantitative estimate of drug-likeness (QED) is 0.588. The molecule has 0 saturated heterocycles. The molecule has 0 unspecified atom stereocenters. The van der Waals surface area contributed by atoms with Crippen molar-refractivity contribution in [1.29, 1.82) is 0 Å². The molecule has 26 heavy (non-hydrogen) atoms. The fourth-order valence-corrected chi connectivity index (χ4v) is 2.86. The van der Waals surface area contributed by atoms with Gasteiger partial charge < -0.3 is 9.32 Å². The number of rotatable bonds is 6. The van der Waals surface area contributed by atoms with E-state index in [2.05, 4.69) is 10.2 Å². The normalized spacial score (nSPS) is 10.7. The molecule has 7 heteroatoms. The van der Waals surface area contributed by atoms with Gasteiger partial charge in [-0.1, -0.05) is 42.3 Å². The Bertz CT molecular complexity index is 894. The maximum absolute atomic E-state index is 12.8. The molecule has 1 heterocycles. The van der Waals surface area contributed by atoms with Crippen LogP contribution in [0.3, 0.4) is 0 Å². The maximum Gasteiger partial charge on any atom is 0.254 e. The number of aromatic nitrogens is 2. The van der Waals surface area contributed by atoms with Crippen molar-refractivity contribution in [2.24, 2.45) is 0 Å². The Morgan fingerprint density at radius 3 is 2.50 bits per heavy atom. The number of amides is 1. The SMILES string of the molecule is CCCN(Cc1nnc(-c2ccccc2Cl)o1)C(=O)c1ccc(Cl)cc1. The van der Waals surface area contributed by atoms with Gasteiger partial charge in [-0.2, -0.15) is 0 Å². The molecule has 0 aliphatic rings. The first-order chi connectivity index (χ1) is 12.6. The Balaban J connectivity index is 1.79. The smallest absolute Gasteiger partial charge is 0.254 e. The third-order valence-corrected chi connectivity index (χ3v) is 4.35. The second-order valence-corrected chi connectivity index (χ2v) is 6.56. The lowest BCUT2D eigenvalue weighted by molar-refractivity contribution is 0.0728. The molecule has 1 aromatic heterocycles. The molecule has 0 saturated carbocycles. The molecular formula is C19H17Cl2N3O2. The lowest BCUT2D eigenvalue weighted by atomic mass is 10.2. The lowest BCUT2D eigenvalue weighted by Gasteiger charge is -2.20. The van der Waals surface area contributed by atoms with Gasteiger partial charge in [0.05, 0.1) is 17.1 Å². The van der Waals surface area contributed by atoms with Crippen LogP contribution >= 0.6 is 23.2 Å². The molecule has 0 fully saturated rings. The Morgan fingerprint density at radius 1 is 1.08 bits per heavy atom. The number of carbonyl (C=O) groups is 1. The molecule has 1 amide bonds. The van der Waals surface area contributed by atoms with Gasteiger partial charge in [-0.3, -0.25) is 4.79 Å². The van der Waals surface area contributed by atoms with E-state index >= 15 is 0 Å². The summed E-state index contributed by atoms with van der Waals surface area (Å²) in [6.45, 7) is 2.81. The largest absolute Gasteiger partial charge is 0.419 e. The predicted molar refractivity (Wildman–Crippen MR) is 101 cm³/mol. The summed E-state index contributed by atoms with van der Waals surface area (Å²) in [6, 6.07) is 14.0. The summed E-state index contributed by atoms with van der Waals surface area (Å²) in [5.41, 5.74) is 1.23. The fraction of sp³-hybridized carbons (Fsp3) is 0.211. The van der Waals surface area contributed by atoms with E-state index in [0.717, 1.165) is 6.42 Å². The Labute approximate surface area is 161 Å². The minimum Gasteiger partial charge on any atom is -0.419 e. The summed E-state index contributed by atoms with van der Waals surface area (Å²) in [6.07, 6.45) is 0.810. The Kier molecular flexibility index (Phi) is 5.91. The topological polar surface area (TPSA) is 59.2 Å². The Morgan fingerprint density at radius 2 is 1.81 bits per heavy atom. The van der Waals surface area contributed by atoms with Gasteiger partial charge in [0.25, 0.3) is 5.91 Å². The number of benzene rings is 2. The highest BCUT2D eigenvalue weighted by molar-refractivity contribution is 6.33. The molecular weight excluding hydrogens is 373 g/mol. The number of nitrogens with zero attached hydrogens (tertiary/aromatic N) is 3. The third kappa shape index (κ3) is 4.23. The van der Waals surface area contributed by atoms with E-state index in [1.165, 1.54) is 0 Å². The van der Waals surface area contributed by atoms with Crippen LogP contribution in [0.1, 0.15) is 29.6 Å². The van der Waals surface area contributed by atoms with Gasteiger partial charge in [0, 0.05) is 17.1 Å².